The molecule has 2 aromatic carbocycles. The van der Waals surface area contributed by atoms with E-state index in [9.17, 15) is 8.42 Å². The zero-order valence-electron chi connectivity index (χ0n) is 15.0. The highest BCUT2D eigenvalue weighted by molar-refractivity contribution is 7.89. The average Bonchev–Trinajstić information content (AvgIpc) is 3.16. The summed E-state index contributed by atoms with van der Waals surface area (Å²) in [5.41, 5.74) is 1.71. The highest BCUT2D eigenvalue weighted by Crippen LogP contribution is 2.26. The van der Waals surface area contributed by atoms with Crippen molar-refractivity contribution in [1.82, 2.24) is 14.9 Å². The summed E-state index contributed by atoms with van der Waals surface area (Å²) in [7, 11) is -1.79. The summed E-state index contributed by atoms with van der Waals surface area (Å²) in [5, 5.41) is 3.94. The number of sulfonamides is 1. The van der Waals surface area contributed by atoms with Crippen LogP contribution < -0.4 is 9.46 Å². The molecule has 3 rings (SSSR count). The number of benzene rings is 2. The molecule has 1 heterocycles. The number of nitrogens with zero attached hydrogens (tertiary/aromatic N) is 2. The lowest BCUT2D eigenvalue weighted by atomic mass is 10.2. The number of para-hydroxylation sites is 1. The Morgan fingerprint density at radius 3 is 2.56 bits per heavy atom. The number of ether oxygens (including phenoxy) is 1. The summed E-state index contributed by atoms with van der Waals surface area (Å²) in [6.07, 6.45) is 0.779. The molecule has 0 aliphatic carbocycles. The van der Waals surface area contributed by atoms with Gasteiger partial charge in [0.1, 0.15) is 5.75 Å². The first-order valence-electron chi connectivity index (χ1n) is 8.54. The Labute approximate surface area is 158 Å². The normalized spacial score (nSPS) is 11.4. The van der Waals surface area contributed by atoms with Gasteiger partial charge in [-0.2, -0.15) is 4.98 Å². The second-order valence-electron chi connectivity index (χ2n) is 5.91. The first-order chi connectivity index (χ1) is 13.1. The average molecular weight is 387 g/mol. The molecular weight excluding hydrogens is 366 g/mol. The van der Waals surface area contributed by atoms with Crippen LogP contribution in [0.1, 0.15) is 11.5 Å². The Morgan fingerprint density at radius 1 is 1.04 bits per heavy atom. The molecule has 1 aromatic heterocycles. The molecule has 3 aromatic rings. The molecule has 0 bridgehead atoms. The zero-order chi connectivity index (χ0) is 19.1. The molecule has 0 radical (unpaired) electrons. The maximum Gasteiger partial charge on any atom is 0.228 e. The quantitative estimate of drug-likeness (QED) is 0.606. The van der Waals surface area contributed by atoms with Gasteiger partial charge in [-0.05, 0) is 24.1 Å². The lowest BCUT2D eigenvalue weighted by Gasteiger charge is -2.05. The van der Waals surface area contributed by atoms with Crippen molar-refractivity contribution in [2.75, 3.05) is 19.4 Å². The van der Waals surface area contributed by atoms with Gasteiger partial charge in [-0.1, -0.05) is 47.6 Å². The summed E-state index contributed by atoms with van der Waals surface area (Å²) in [5.74, 6) is 1.45. The molecule has 0 spiro atoms. The molecule has 27 heavy (non-hydrogen) atoms. The van der Waals surface area contributed by atoms with Crippen LogP contribution in [0.3, 0.4) is 0 Å². The van der Waals surface area contributed by atoms with E-state index in [1.54, 1.807) is 7.11 Å². The molecule has 7 nitrogen and oxygen atoms in total. The Kier molecular flexibility index (Phi) is 6.20. The van der Waals surface area contributed by atoms with Crippen molar-refractivity contribution in [1.29, 1.82) is 0 Å². The lowest BCUT2D eigenvalue weighted by Crippen LogP contribution is -2.29. The van der Waals surface area contributed by atoms with Crippen LogP contribution in [-0.2, 0) is 22.9 Å². The number of nitrogens with one attached hydrogen (secondary N) is 1. The third-order valence-electron chi connectivity index (χ3n) is 3.98. The number of aromatic nitrogens is 2. The smallest absolute Gasteiger partial charge is 0.228 e. The zero-order valence-corrected chi connectivity index (χ0v) is 15.8. The Hall–Kier alpha value is -2.71. The third-order valence-corrected chi connectivity index (χ3v) is 5.36. The summed E-state index contributed by atoms with van der Waals surface area (Å²) in [4.78, 5) is 4.31. The second kappa shape index (κ2) is 8.79. The fourth-order valence-electron chi connectivity index (χ4n) is 2.58. The molecule has 8 heteroatoms. The minimum Gasteiger partial charge on any atom is -0.496 e. The van der Waals surface area contributed by atoms with Crippen molar-refractivity contribution >= 4 is 10.0 Å². The fraction of sp³-hybridized carbons (Fsp3) is 0.263. The van der Waals surface area contributed by atoms with E-state index in [4.69, 9.17) is 9.26 Å². The molecule has 0 fully saturated rings. The van der Waals surface area contributed by atoms with Gasteiger partial charge in [0.15, 0.2) is 0 Å². The molecule has 0 amide bonds. The predicted octanol–water partition coefficient (Wildman–Crippen LogP) is 2.45. The van der Waals surface area contributed by atoms with Crippen molar-refractivity contribution in [3.8, 4) is 17.1 Å². The number of rotatable bonds is 9. The highest BCUT2D eigenvalue weighted by atomic mass is 32.2. The minimum absolute atomic E-state index is 0.0350. The highest BCUT2D eigenvalue weighted by Gasteiger charge is 2.14. The van der Waals surface area contributed by atoms with Crippen LogP contribution in [-0.4, -0.2) is 38.0 Å². The van der Waals surface area contributed by atoms with Crippen LogP contribution in [0.15, 0.2) is 59.1 Å². The molecule has 0 aliphatic rings. The Balaban J connectivity index is 1.52. The lowest BCUT2D eigenvalue weighted by molar-refractivity contribution is 0.378. The van der Waals surface area contributed by atoms with Gasteiger partial charge in [0, 0.05) is 13.0 Å². The summed E-state index contributed by atoms with van der Waals surface area (Å²) >= 11 is 0. The monoisotopic (exact) mass is 387 g/mol. The predicted molar refractivity (Wildman–Crippen MR) is 102 cm³/mol. The largest absolute Gasteiger partial charge is 0.496 e. The van der Waals surface area contributed by atoms with Crippen LogP contribution in [0, 0.1) is 0 Å². The van der Waals surface area contributed by atoms with Gasteiger partial charge in [-0.25, -0.2) is 13.1 Å². The van der Waals surface area contributed by atoms with Crippen molar-refractivity contribution in [3.63, 3.8) is 0 Å². The summed E-state index contributed by atoms with van der Waals surface area (Å²) in [6, 6.07) is 16.9. The molecule has 0 aliphatic heterocycles. The minimum atomic E-state index is -3.37. The Morgan fingerprint density at radius 2 is 1.78 bits per heavy atom. The maximum atomic E-state index is 12.1. The van der Waals surface area contributed by atoms with Gasteiger partial charge in [0.2, 0.25) is 21.7 Å². The molecule has 0 saturated carbocycles. The topological polar surface area (TPSA) is 94.3 Å². The summed E-state index contributed by atoms with van der Waals surface area (Å²) in [6.45, 7) is 0.199. The van der Waals surface area contributed by atoms with E-state index in [2.05, 4.69) is 14.9 Å². The van der Waals surface area contributed by atoms with E-state index in [1.807, 2.05) is 54.6 Å². The van der Waals surface area contributed by atoms with Crippen molar-refractivity contribution in [2.45, 2.75) is 12.8 Å². The number of hydrogen-bond donors (Lipinski definition) is 1. The first kappa shape index (κ1) is 19.1. The second-order valence-corrected chi connectivity index (χ2v) is 7.84. The van der Waals surface area contributed by atoms with Crippen molar-refractivity contribution in [3.05, 3.63) is 66.1 Å². The van der Waals surface area contributed by atoms with Crippen molar-refractivity contribution < 1.29 is 17.7 Å². The maximum absolute atomic E-state index is 12.1. The van der Waals surface area contributed by atoms with Gasteiger partial charge in [-0.15, -0.1) is 0 Å². The number of aryl methyl sites for hydroxylation is 1. The van der Waals surface area contributed by atoms with Gasteiger partial charge < -0.3 is 9.26 Å². The van der Waals surface area contributed by atoms with Crippen LogP contribution in [0.4, 0.5) is 0 Å². The van der Waals surface area contributed by atoms with Crippen LogP contribution in [0.5, 0.6) is 5.75 Å². The molecule has 142 valence electrons. The standard InChI is InChI=1S/C19H21N3O4S/c1-25-17-10-6-5-9-16(17)19-21-18(26-22-19)11-13-20-27(23,24)14-12-15-7-3-2-4-8-15/h2-10,20H,11-14H2,1H3. The van der Waals surface area contributed by atoms with E-state index in [-0.39, 0.29) is 12.3 Å². The van der Waals surface area contributed by atoms with Crippen LogP contribution in [0.25, 0.3) is 11.4 Å². The van der Waals surface area contributed by atoms with Crippen LogP contribution >= 0.6 is 0 Å². The molecular formula is C19H21N3O4S. The van der Waals surface area contributed by atoms with E-state index >= 15 is 0 Å². The van der Waals surface area contributed by atoms with E-state index in [0.717, 1.165) is 11.1 Å². The first-order valence-corrected chi connectivity index (χ1v) is 10.2. The van der Waals surface area contributed by atoms with E-state index in [0.29, 0.717) is 30.3 Å². The summed E-state index contributed by atoms with van der Waals surface area (Å²) < 4.78 is 37.3. The molecule has 0 saturated heterocycles. The van der Waals surface area contributed by atoms with Gasteiger partial charge in [0.05, 0.1) is 18.4 Å². The SMILES string of the molecule is COc1ccccc1-c1noc(CCNS(=O)(=O)CCc2ccccc2)n1. The molecule has 0 unspecified atom stereocenters. The van der Waals surface area contributed by atoms with Gasteiger partial charge in [0.25, 0.3) is 0 Å². The van der Waals surface area contributed by atoms with E-state index < -0.39 is 10.0 Å². The van der Waals surface area contributed by atoms with Crippen molar-refractivity contribution in [2.24, 2.45) is 0 Å². The van der Waals surface area contributed by atoms with Gasteiger partial charge in [-0.3, -0.25) is 0 Å². The number of methoxy groups -OCH3 is 1. The number of hydrogen-bond acceptors (Lipinski definition) is 6. The third kappa shape index (κ3) is 5.38. The molecule has 1 N–H and O–H groups in total. The molecule has 0 atom stereocenters. The van der Waals surface area contributed by atoms with E-state index in [1.165, 1.54) is 0 Å². The van der Waals surface area contributed by atoms with Crippen LogP contribution in [0.2, 0.25) is 0 Å². The fourth-order valence-corrected chi connectivity index (χ4v) is 3.64. The van der Waals surface area contributed by atoms with Gasteiger partial charge >= 0.3 is 0 Å². The Bertz CT molecular complexity index is 971.